The molecule has 0 saturated heterocycles. The van der Waals surface area contributed by atoms with Crippen LogP contribution in [0.3, 0.4) is 0 Å². The molecule has 1 aromatic heterocycles. The summed E-state index contributed by atoms with van der Waals surface area (Å²) in [6, 6.07) is 1.22. The highest BCUT2D eigenvalue weighted by Gasteiger charge is 2.24. The fraction of sp³-hybridized carbons (Fsp3) is 0.571. The van der Waals surface area contributed by atoms with Crippen molar-refractivity contribution in [3.05, 3.63) is 18.0 Å². The molecule has 0 radical (unpaired) electrons. The Morgan fingerprint density at radius 1 is 1.38 bits per heavy atom. The SMILES string of the molecule is COCCNS(=O)(=O)c1c[nH]c(C(=O)NC(C)(C)CCC(=O)O)c1. The Balaban J connectivity index is 2.74. The molecular formula is C14H23N3O6S. The van der Waals surface area contributed by atoms with Crippen molar-refractivity contribution in [1.82, 2.24) is 15.0 Å². The van der Waals surface area contributed by atoms with Crippen molar-refractivity contribution in [2.45, 2.75) is 37.1 Å². The van der Waals surface area contributed by atoms with Crippen LogP contribution >= 0.6 is 0 Å². The first-order valence-corrected chi connectivity index (χ1v) is 8.77. The van der Waals surface area contributed by atoms with E-state index in [1.165, 1.54) is 19.4 Å². The van der Waals surface area contributed by atoms with Crippen LogP contribution in [0.15, 0.2) is 17.2 Å². The fourth-order valence-corrected chi connectivity index (χ4v) is 2.88. The number of aromatic nitrogens is 1. The molecule has 0 bridgehead atoms. The van der Waals surface area contributed by atoms with Gasteiger partial charge in [0.2, 0.25) is 10.0 Å². The second-order valence-electron chi connectivity index (χ2n) is 5.87. The number of aromatic amines is 1. The second kappa shape index (κ2) is 8.27. The fourth-order valence-electron chi connectivity index (χ4n) is 1.88. The van der Waals surface area contributed by atoms with Crippen molar-refractivity contribution < 1.29 is 27.9 Å². The van der Waals surface area contributed by atoms with Gasteiger partial charge >= 0.3 is 5.97 Å². The number of rotatable bonds is 10. The number of carbonyl (C=O) groups is 2. The molecule has 24 heavy (non-hydrogen) atoms. The van der Waals surface area contributed by atoms with Crippen LogP contribution in [0.4, 0.5) is 0 Å². The van der Waals surface area contributed by atoms with Gasteiger partial charge in [-0.1, -0.05) is 0 Å². The topological polar surface area (TPSA) is 138 Å². The first kappa shape index (κ1) is 20.1. The van der Waals surface area contributed by atoms with Crippen LogP contribution in [0, 0.1) is 0 Å². The minimum absolute atomic E-state index is 0.0629. The summed E-state index contributed by atoms with van der Waals surface area (Å²) in [6.45, 7) is 3.74. The van der Waals surface area contributed by atoms with Gasteiger partial charge < -0.3 is 20.1 Å². The Kier molecular flexibility index (Phi) is 6.93. The number of carbonyl (C=O) groups excluding carboxylic acids is 1. The molecule has 0 fully saturated rings. The number of nitrogens with one attached hydrogen (secondary N) is 3. The maximum atomic E-state index is 12.2. The van der Waals surface area contributed by atoms with Crippen LogP contribution in [0.5, 0.6) is 0 Å². The first-order valence-electron chi connectivity index (χ1n) is 7.29. The number of hydrogen-bond acceptors (Lipinski definition) is 5. The highest BCUT2D eigenvalue weighted by Crippen LogP contribution is 2.14. The van der Waals surface area contributed by atoms with Crippen molar-refractivity contribution in [3.63, 3.8) is 0 Å². The van der Waals surface area contributed by atoms with Crippen molar-refractivity contribution in [3.8, 4) is 0 Å². The van der Waals surface area contributed by atoms with Crippen LogP contribution in [-0.4, -0.2) is 56.2 Å². The largest absolute Gasteiger partial charge is 0.481 e. The molecule has 0 aliphatic rings. The van der Waals surface area contributed by atoms with Gasteiger partial charge in [-0.15, -0.1) is 0 Å². The molecule has 136 valence electrons. The Morgan fingerprint density at radius 3 is 2.62 bits per heavy atom. The third-order valence-electron chi connectivity index (χ3n) is 3.23. The highest BCUT2D eigenvalue weighted by molar-refractivity contribution is 7.89. The van der Waals surface area contributed by atoms with E-state index in [0.717, 1.165) is 0 Å². The molecule has 0 aromatic carbocycles. The summed E-state index contributed by atoms with van der Waals surface area (Å²) in [4.78, 5) is 25.4. The van der Waals surface area contributed by atoms with Gasteiger partial charge in [0, 0.05) is 31.8 Å². The van der Waals surface area contributed by atoms with Gasteiger partial charge in [0.05, 0.1) is 6.61 Å². The van der Waals surface area contributed by atoms with E-state index >= 15 is 0 Å². The van der Waals surface area contributed by atoms with Crippen LogP contribution in [-0.2, 0) is 19.6 Å². The molecule has 1 aromatic rings. The lowest BCUT2D eigenvalue weighted by molar-refractivity contribution is -0.137. The summed E-state index contributed by atoms with van der Waals surface area (Å²) < 4.78 is 31.2. The van der Waals surface area contributed by atoms with Gasteiger partial charge in [0.25, 0.3) is 5.91 Å². The van der Waals surface area contributed by atoms with E-state index < -0.39 is 27.4 Å². The number of aliphatic carboxylic acids is 1. The lowest BCUT2D eigenvalue weighted by Gasteiger charge is -2.25. The normalized spacial score (nSPS) is 12.1. The lowest BCUT2D eigenvalue weighted by Crippen LogP contribution is -2.43. The number of H-pyrrole nitrogens is 1. The van der Waals surface area contributed by atoms with Gasteiger partial charge in [0.15, 0.2) is 0 Å². The van der Waals surface area contributed by atoms with E-state index in [1.807, 2.05) is 0 Å². The number of ether oxygens (including phenoxy) is 1. The molecule has 0 spiro atoms. The van der Waals surface area contributed by atoms with E-state index in [4.69, 9.17) is 9.84 Å². The Labute approximate surface area is 140 Å². The maximum absolute atomic E-state index is 12.2. The first-order chi connectivity index (χ1) is 11.1. The number of methoxy groups -OCH3 is 1. The summed E-state index contributed by atoms with van der Waals surface area (Å²) in [5.74, 6) is -1.46. The van der Waals surface area contributed by atoms with Crippen LogP contribution in [0.2, 0.25) is 0 Å². The average molecular weight is 361 g/mol. The smallest absolute Gasteiger partial charge is 0.303 e. The molecule has 4 N–H and O–H groups in total. The molecule has 0 aliphatic heterocycles. The summed E-state index contributed by atoms with van der Waals surface area (Å²) >= 11 is 0. The molecule has 0 atom stereocenters. The van der Waals surface area contributed by atoms with Crippen molar-refractivity contribution in [2.75, 3.05) is 20.3 Å². The van der Waals surface area contributed by atoms with Crippen LogP contribution < -0.4 is 10.0 Å². The Hall–Kier alpha value is -1.91. The highest BCUT2D eigenvalue weighted by atomic mass is 32.2. The van der Waals surface area contributed by atoms with Crippen LogP contribution in [0.1, 0.15) is 37.2 Å². The zero-order valence-electron chi connectivity index (χ0n) is 13.9. The number of carboxylic acid groups (broad SMARTS) is 1. The third-order valence-corrected chi connectivity index (χ3v) is 4.67. The van der Waals surface area contributed by atoms with Gasteiger partial charge in [-0.25, -0.2) is 13.1 Å². The number of amides is 1. The average Bonchev–Trinajstić information content (AvgIpc) is 2.96. The van der Waals surface area contributed by atoms with Crippen molar-refractivity contribution in [1.29, 1.82) is 0 Å². The predicted octanol–water partition coefficient (Wildman–Crippen LogP) is 0.313. The predicted molar refractivity (Wildman–Crippen MR) is 86.3 cm³/mol. The minimum Gasteiger partial charge on any atom is -0.481 e. The molecular weight excluding hydrogens is 338 g/mol. The zero-order valence-corrected chi connectivity index (χ0v) is 14.7. The number of carboxylic acids is 1. The monoisotopic (exact) mass is 361 g/mol. The number of sulfonamides is 1. The molecule has 9 nitrogen and oxygen atoms in total. The van der Waals surface area contributed by atoms with Gasteiger partial charge in [-0.2, -0.15) is 0 Å². The zero-order chi connectivity index (χ0) is 18.4. The molecule has 1 rings (SSSR count). The molecule has 0 unspecified atom stereocenters. The van der Waals surface area contributed by atoms with E-state index in [1.54, 1.807) is 13.8 Å². The number of hydrogen-bond donors (Lipinski definition) is 4. The Morgan fingerprint density at radius 2 is 2.04 bits per heavy atom. The quantitative estimate of drug-likeness (QED) is 0.443. The van der Waals surface area contributed by atoms with Gasteiger partial charge in [-0.3, -0.25) is 9.59 Å². The van der Waals surface area contributed by atoms with E-state index in [9.17, 15) is 18.0 Å². The van der Waals surface area contributed by atoms with Crippen LogP contribution in [0.25, 0.3) is 0 Å². The third kappa shape index (κ3) is 6.30. The molecule has 0 aliphatic carbocycles. The molecule has 10 heteroatoms. The summed E-state index contributed by atoms with van der Waals surface area (Å²) in [5.41, 5.74) is -0.665. The van der Waals surface area contributed by atoms with E-state index in [-0.39, 0.29) is 36.6 Å². The molecule has 1 amide bonds. The summed E-state index contributed by atoms with van der Waals surface area (Å²) in [7, 11) is -2.27. The molecule has 0 saturated carbocycles. The summed E-state index contributed by atoms with van der Waals surface area (Å²) in [5, 5.41) is 11.4. The van der Waals surface area contributed by atoms with Crippen molar-refractivity contribution in [2.24, 2.45) is 0 Å². The van der Waals surface area contributed by atoms with E-state index in [2.05, 4.69) is 15.0 Å². The second-order valence-corrected chi connectivity index (χ2v) is 7.64. The van der Waals surface area contributed by atoms with Gasteiger partial charge in [0.1, 0.15) is 10.6 Å². The molecule has 1 heterocycles. The van der Waals surface area contributed by atoms with Gasteiger partial charge in [-0.05, 0) is 26.3 Å². The lowest BCUT2D eigenvalue weighted by atomic mass is 9.98. The summed E-state index contributed by atoms with van der Waals surface area (Å²) in [6.07, 6.45) is 1.38. The van der Waals surface area contributed by atoms with E-state index in [0.29, 0.717) is 0 Å². The Bertz CT molecular complexity index is 680. The standard InChI is InChI=1S/C14H23N3O6S/c1-14(2,5-4-12(18)19)17-13(20)11-8-10(9-15-11)24(21,22)16-6-7-23-3/h8-9,15-16H,4-7H2,1-3H3,(H,17,20)(H,18,19). The maximum Gasteiger partial charge on any atom is 0.303 e. The van der Waals surface area contributed by atoms with Crippen molar-refractivity contribution >= 4 is 21.9 Å². The minimum atomic E-state index is -3.73.